The Kier molecular flexibility index (Phi) is 6.15. The van der Waals surface area contributed by atoms with Crippen molar-refractivity contribution in [3.63, 3.8) is 0 Å². The van der Waals surface area contributed by atoms with E-state index >= 15 is 0 Å². The maximum atomic E-state index is 12.1. The molecule has 0 spiro atoms. The Morgan fingerprint density at radius 3 is 2.42 bits per heavy atom. The normalized spacial score (nSPS) is 10.4. The van der Waals surface area contributed by atoms with E-state index in [0.717, 1.165) is 0 Å². The van der Waals surface area contributed by atoms with Gasteiger partial charge in [-0.1, -0.05) is 0 Å². The summed E-state index contributed by atoms with van der Waals surface area (Å²) in [5.74, 6) is -0.501. The molecule has 3 rings (SSSR count). The van der Waals surface area contributed by atoms with E-state index in [1.54, 1.807) is 0 Å². The van der Waals surface area contributed by atoms with Gasteiger partial charge in [0, 0.05) is 36.2 Å². The van der Waals surface area contributed by atoms with Crippen molar-refractivity contribution in [2.75, 3.05) is 24.4 Å². The number of anilines is 2. The van der Waals surface area contributed by atoms with E-state index in [9.17, 15) is 24.5 Å². The third-order valence-corrected chi connectivity index (χ3v) is 4.05. The van der Waals surface area contributed by atoms with Gasteiger partial charge in [0.2, 0.25) is 5.91 Å². The Bertz CT molecular complexity index is 1220. The lowest BCUT2D eigenvalue weighted by atomic mass is 10.2. The molecule has 3 aromatic rings. The van der Waals surface area contributed by atoms with Crippen LogP contribution in [0.3, 0.4) is 0 Å². The van der Waals surface area contributed by atoms with E-state index in [4.69, 9.17) is 13.9 Å². The number of nitro benzene ring substituents is 1. The van der Waals surface area contributed by atoms with Gasteiger partial charge < -0.3 is 24.5 Å². The molecule has 1 aromatic heterocycles. The minimum Gasteiger partial charge on any atom is -0.493 e. The number of non-ortho nitro benzene ring substituents is 1. The van der Waals surface area contributed by atoms with Gasteiger partial charge in [-0.15, -0.1) is 0 Å². The number of carbonyl (C=O) groups is 2. The largest absolute Gasteiger partial charge is 0.493 e. The number of methoxy groups -OCH3 is 1. The molecule has 0 aliphatic heterocycles. The first kappa shape index (κ1) is 21.3. The molecule has 1 heterocycles. The van der Waals surface area contributed by atoms with Crippen molar-refractivity contribution in [1.29, 1.82) is 0 Å². The monoisotopic (exact) mass is 427 g/mol. The van der Waals surface area contributed by atoms with E-state index in [-0.39, 0.29) is 28.5 Å². The van der Waals surface area contributed by atoms with Crippen LogP contribution in [0.2, 0.25) is 0 Å². The number of carbonyl (C=O) groups excluding carboxylic acids is 2. The number of hydrogen-bond donors (Lipinski definition) is 2. The molecule has 2 N–H and O–H groups in total. The third kappa shape index (κ3) is 5.15. The zero-order chi connectivity index (χ0) is 22.5. The Hall–Kier alpha value is -4.41. The van der Waals surface area contributed by atoms with Crippen LogP contribution in [0.5, 0.6) is 11.5 Å². The third-order valence-electron chi connectivity index (χ3n) is 4.05. The SMILES string of the molecule is COc1cc2cc(NC(C)=O)c(=O)oc2cc1OCC(=O)Nc1ccc([N+](=O)[O-])cc1. The van der Waals surface area contributed by atoms with Crippen molar-refractivity contribution < 1.29 is 28.4 Å². The van der Waals surface area contributed by atoms with Crippen LogP contribution in [0.1, 0.15) is 6.92 Å². The predicted molar refractivity (Wildman–Crippen MR) is 111 cm³/mol. The smallest absolute Gasteiger partial charge is 0.360 e. The zero-order valence-electron chi connectivity index (χ0n) is 16.5. The van der Waals surface area contributed by atoms with Crippen molar-refractivity contribution in [2.24, 2.45) is 0 Å². The summed E-state index contributed by atoms with van der Waals surface area (Å²) >= 11 is 0. The van der Waals surface area contributed by atoms with E-state index in [0.29, 0.717) is 11.1 Å². The first-order valence-electron chi connectivity index (χ1n) is 8.87. The maximum absolute atomic E-state index is 12.1. The first-order valence-corrected chi connectivity index (χ1v) is 8.87. The molecule has 160 valence electrons. The van der Waals surface area contributed by atoms with Crippen molar-refractivity contribution in [2.45, 2.75) is 6.92 Å². The molecule has 11 heteroatoms. The Labute approximate surface area is 174 Å². The molecule has 2 aromatic carbocycles. The molecule has 0 atom stereocenters. The number of benzene rings is 2. The van der Waals surface area contributed by atoms with E-state index in [1.165, 1.54) is 56.5 Å². The summed E-state index contributed by atoms with van der Waals surface area (Å²) < 4.78 is 16.0. The Balaban J connectivity index is 1.75. The molecule has 0 radical (unpaired) electrons. The fourth-order valence-corrected chi connectivity index (χ4v) is 2.68. The molecular formula is C20H17N3O8. The number of amides is 2. The van der Waals surface area contributed by atoms with Gasteiger partial charge in [-0.25, -0.2) is 4.79 Å². The van der Waals surface area contributed by atoms with E-state index in [1.807, 2.05) is 0 Å². The zero-order valence-corrected chi connectivity index (χ0v) is 16.5. The van der Waals surface area contributed by atoms with Crippen molar-refractivity contribution in [3.05, 3.63) is 63.0 Å². The van der Waals surface area contributed by atoms with Gasteiger partial charge in [-0.05, 0) is 24.3 Å². The quantitative estimate of drug-likeness (QED) is 0.332. The van der Waals surface area contributed by atoms with Crippen LogP contribution in [0, 0.1) is 10.1 Å². The highest BCUT2D eigenvalue weighted by atomic mass is 16.6. The van der Waals surface area contributed by atoms with Gasteiger partial charge in [-0.3, -0.25) is 19.7 Å². The van der Waals surface area contributed by atoms with Crippen LogP contribution in [0.4, 0.5) is 17.1 Å². The summed E-state index contributed by atoms with van der Waals surface area (Å²) in [6, 6.07) is 9.69. The highest BCUT2D eigenvalue weighted by Gasteiger charge is 2.14. The highest BCUT2D eigenvalue weighted by molar-refractivity contribution is 5.93. The molecule has 2 amide bonds. The molecular weight excluding hydrogens is 410 g/mol. The number of rotatable bonds is 7. The lowest BCUT2D eigenvalue weighted by Gasteiger charge is -2.12. The average molecular weight is 427 g/mol. The van der Waals surface area contributed by atoms with Crippen molar-refractivity contribution in [3.8, 4) is 11.5 Å². The standard InChI is InChI=1S/C20H17N3O8/c1-11(24)21-15-7-12-8-17(29-2)18(9-16(12)31-20(15)26)30-10-19(25)22-13-3-5-14(6-4-13)23(27)28/h3-9H,10H2,1-2H3,(H,21,24)(H,22,25). The molecule has 0 aliphatic rings. The predicted octanol–water partition coefficient (Wildman–Crippen LogP) is 2.69. The van der Waals surface area contributed by atoms with Crippen LogP contribution in [-0.2, 0) is 9.59 Å². The molecule has 0 fully saturated rings. The summed E-state index contributed by atoms with van der Waals surface area (Å²) in [5.41, 5.74) is -0.321. The van der Waals surface area contributed by atoms with Gasteiger partial charge in [0.15, 0.2) is 18.1 Å². The molecule has 11 nitrogen and oxygen atoms in total. The first-order chi connectivity index (χ1) is 14.8. The van der Waals surface area contributed by atoms with Crippen LogP contribution >= 0.6 is 0 Å². The highest BCUT2D eigenvalue weighted by Crippen LogP contribution is 2.32. The summed E-state index contributed by atoms with van der Waals surface area (Å²) in [5, 5.41) is 16.1. The molecule has 0 unspecified atom stereocenters. The van der Waals surface area contributed by atoms with Crippen LogP contribution in [0.25, 0.3) is 11.0 Å². The Morgan fingerprint density at radius 2 is 1.81 bits per heavy atom. The minimum atomic E-state index is -0.741. The molecule has 0 saturated carbocycles. The van der Waals surface area contributed by atoms with E-state index < -0.39 is 29.0 Å². The number of nitrogens with zero attached hydrogens (tertiary/aromatic N) is 1. The van der Waals surface area contributed by atoms with Gasteiger partial charge in [0.25, 0.3) is 11.6 Å². The lowest BCUT2D eigenvalue weighted by Crippen LogP contribution is -2.20. The van der Waals surface area contributed by atoms with Crippen LogP contribution in [0.15, 0.2) is 51.7 Å². The summed E-state index contributed by atoms with van der Waals surface area (Å²) in [6.07, 6.45) is 0. The fourth-order valence-electron chi connectivity index (χ4n) is 2.68. The van der Waals surface area contributed by atoms with Gasteiger partial charge in [0.1, 0.15) is 11.3 Å². The van der Waals surface area contributed by atoms with Crippen LogP contribution in [-0.4, -0.2) is 30.5 Å². The summed E-state index contributed by atoms with van der Waals surface area (Å²) in [4.78, 5) is 45.5. The number of nitrogens with one attached hydrogen (secondary N) is 2. The van der Waals surface area contributed by atoms with Crippen LogP contribution < -0.4 is 25.7 Å². The fraction of sp³-hybridized carbons (Fsp3) is 0.150. The number of nitro groups is 1. The minimum absolute atomic E-state index is 0.0156. The average Bonchev–Trinajstić information content (AvgIpc) is 2.72. The summed E-state index contributed by atoms with van der Waals surface area (Å²) in [7, 11) is 1.40. The Morgan fingerprint density at radius 1 is 1.10 bits per heavy atom. The molecule has 31 heavy (non-hydrogen) atoms. The molecule has 0 aliphatic carbocycles. The molecule has 0 saturated heterocycles. The van der Waals surface area contributed by atoms with Gasteiger partial charge in [0.05, 0.1) is 12.0 Å². The number of hydrogen-bond acceptors (Lipinski definition) is 8. The summed E-state index contributed by atoms with van der Waals surface area (Å²) in [6.45, 7) is 0.871. The van der Waals surface area contributed by atoms with E-state index in [2.05, 4.69) is 10.6 Å². The number of ether oxygens (including phenoxy) is 2. The van der Waals surface area contributed by atoms with Crippen molar-refractivity contribution in [1.82, 2.24) is 0 Å². The maximum Gasteiger partial charge on any atom is 0.360 e. The second-order valence-corrected chi connectivity index (χ2v) is 6.31. The van der Waals surface area contributed by atoms with Gasteiger partial charge >= 0.3 is 5.63 Å². The topological polar surface area (TPSA) is 150 Å². The van der Waals surface area contributed by atoms with Crippen molar-refractivity contribution >= 4 is 39.8 Å². The second kappa shape index (κ2) is 8.95. The second-order valence-electron chi connectivity index (χ2n) is 6.31. The van der Waals surface area contributed by atoms with Gasteiger partial charge in [-0.2, -0.15) is 0 Å². The molecule has 0 bridgehead atoms. The number of fused-ring (bicyclic) bond motifs is 1. The lowest BCUT2D eigenvalue weighted by molar-refractivity contribution is -0.384.